The molecule has 4 atom stereocenters. The third-order valence-corrected chi connectivity index (χ3v) is 6.74. The zero-order chi connectivity index (χ0) is 20.8. The molecule has 162 valence electrons. The molecule has 1 fully saturated rings. The molecule has 0 spiro atoms. The van der Waals surface area contributed by atoms with Crippen molar-refractivity contribution < 1.29 is 25.2 Å². The molecule has 2 unspecified atom stereocenters. The monoisotopic (exact) mass is 414 g/mol. The number of allylic oxidation sites excluding steroid dienone is 3. The second-order valence-electron chi connectivity index (χ2n) is 7.66. The highest BCUT2D eigenvalue weighted by molar-refractivity contribution is 8.01. The first-order valence-corrected chi connectivity index (χ1v) is 11.6. The highest BCUT2D eigenvalue weighted by Crippen LogP contribution is 2.35. The van der Waals surface area contributed by atoms with Crippen molar-refractivity contribution in [1.82, 2.24) is 0 Å². The normalized spacial score (nSPS) is 23.4. The van der Waals surface area contributed by atoms with Crippen LogP contribution < -0.4 is 0 Å². The summed E-state index contributed by atoms with van der Waals surface area (Å²) in [5.74, 6) is -0.219. The molecule has 0 aromatic carbocycles. The summed E-state index contributed by atoms with van der Waals surface area (Å²) in [7, 11) is 0. The van der Waals surface area contributed by atoms with Gasteiger partial charge in [0, 0.05) is 5.75 Å². The zero-order valence-corrected chi connectivity index (χ0v) is 17.9. The van der Waals surface area contributed by atoms with Gasteiger partial charge in [0.25, 0.3) is 0 Å². The maximum Gasteiger partial charge on any atom is 0.349 e. The number of aliphatic hydroxyl groups is 3. The van der Waals surface area contributed by atoms with Gasteiger partial charge in [0.1, 0.15) is 6.10 Å². The molecule has 1 rings (SSSR count). The van der Waals surface area contributed by atoms with Crippen molar-refractivity contribution in [2.24, 2.45) is 11.8 Å². The first-order valence-electron chi connectivity index (χ1n) is 10.7. The van der Waals surface area contributed by atoms with Crippen molar-refractivity contribution in [2.45, 2.75) is 82.2 Å². The Morgan fingerprint density at radius 3 is 2.68 bits per heavy atom. The maximum absolute atomic E-state index is 11.3. The van der Waals surface area contributed by atoms with Crippen molar-refractivity contribution in [1.29, 1.82) is 0 Å². The van der Waals surface area contributed by atoms with Gasteiger partial charge in [-0.3, -0.25) is 0 Å². The first kappa shape index (κ1) is 25.2. The first-order chi connectivity index (χ1) is 13.5. The van der Waals surface area contributed by atoms with Crippen molar-refractivity contribution in [3.8, 4) is 0 Å². The summed E-state index contributed by atoms with van der Waals surface area (Å²) in [5, 5.41) is 38.3. The number of carboxylic acids is 1. The Balaban J connectivity index is 2.41. The predicted molar refractivity (Wildman–Crippen MR) is 115 cm³/mol. The number of thioether (sulfide) groups is 1. The largest absolute Gasteiger partial charge is 0.478 e. The van der Waals surface area contributed by atoms with Crippen LogP contribution in [0.25, 0.3) is 0 Å². The van der Waals surface area contributed by atoms with Gasteiger partial charge in [-0.1, -0.05) is 56.9 Å². The highest BCUT2D eigenvalue weighted by Gasteiger charge is 2.43. The van der Waals surface area contributed by atoms with Gasteiger partial charge in [-0.25, -0.2) is 4.79 Å². The lowest BCUT2D eigenvalue weighted by Gasteiger charge is -2.27. The molecule has 28 heavy (non-hydrogen) atoms. The molecule has 0 amide bonds. The Morgan fingerprint density at radius 2 is 2.00 bits per heavy atom. The highest BCUT2D eigenvalue weighted by atomic mass is 32.2. The maximum atomic E-state index is 11.3. The van der Waals surface area contributed by atoms with Crippen LogP contribution >= 0.6 is 11.8 Å². The van der Waals surface area contributed by atoms with E-state index in [1.54, 1.807) is 6.08 Å². The number of aliphatic hydroxyl groups excluding tert-OH is 2. The molecule has 6 heteroatoms. The standard InChI is InChI=1S/C22H38O5S/c1-2-3-4-5-6-7-11-18-13-10-14-19(18)12-8-9-15-20(24)22(27,21(25)26)28-17-16-23/h7-9,11,18-20,23-24,27H,2-6,10,12-17H2,1H3,(H,25,26)/t18-,19-,20?,22?/m0/s1. The third-order valence-electron chi connectivity index (χ3n) is 5.46. The van der Waals surface area contributed by atoms with E-state index >= 15 is 0 Å². The molecule has 0 radical (unpaired) electrons. The summed E-state index contributed by atoms with van der Waals surface area (Å²) >= 11 is 0.653. The van der Waals surface area contributed by atoms with E-state index in [1.165, 1.54) is 44.9 Å². The molecule has 4 N–H and O–H groups in total. The molecule has 0 aromatic heterocycles. The van der Waals surface area contributed by atoms with E-state index in [9.17, 15) is 20.1 Å². The summed E-state index contributed by atoms with van der Waals surface area (Å²) in [4.78, 5) is 9.00. The van der Waals surface area contributed by atoms with E-state index in [2.05, 4.69) is 19.1 Å². The average Bonchev–Trinajstić information content (AvgIpc) is 3.12. The minimum atomic E-state index is -2.29. The Bertz CT molecular complexity index is 493. The molecule has 5 nitrogen and oxygen atoms in total. The molecular formula is C22H38O5S. The molecule has 1 saturated carbocycles. The number of aliphatic carboxylic acids is 1. The number of carboxylic acid groups (broad SMARTS) is 1. The van der Waals surface area contributed by atoms with Crippen LogP contribution in [-0.4, -0.2) is 49.8 Å². The minimum Gasteiger partial charge on any atom is -0.478 e. The molecule has 0 aromatic rings. The summed E-state index contributed by atoms with van der Waals surface area (Å²) in [6.07, 6.45) is 18.0. The third kappa shape index (κ3) is 8.68. The van der Waals surface area contributed by atoms with Crippen LogP contribution in [0.15, 0.2) is 24.3 Å². The lowest BCUT2D eigenvalue weighted by atomic mass is 9.92. The zero-order valence-electron chi connectivity index (χ0n) is 17.1. The fourth-order valence-corrected chi connectivity index (χ4v) is 4.54. The fraction of sp³-hybridized carbons (Fsp3) is 0.773. The van der Waals surface area contributed by atoms with E-state index in [1.807, 2.05) is 6.08 Å². The van der Waals surface area contributed by atoms with Crippen LogP contribution in [0.5, 0.6) is 0 Å². The Kier molecular flexibility index (Phi) is 12.8. The van der Waals surface area contributed by atoms with Gasteiger partial charge in [0.05, 0.1) is 6.61 Å². The summed E-state index contributed by atoms with van der Waals surface area (Å²) in [5.41, 5.74) is 0. The molecule has 0 saturated heterocycles. The summed E-state index contributed by atoms with van der Waals surface area (Å²) < 4.78 is 0. The van der Waals surface area contributed by atoms with Gasteiger partial charge in [0.15, 0.2) is 0 Å². The van der Waals surface area contributed by atoms with Crippen molar-refractivity contribution in [2.75, 3.05) is 12.4 Å². The van der Waals surface area contributed by atoms with Crippen molar-refractivity contribution >= 4 is 17.7 Å². The lowest BCUT2D eigenvalue weighted by Crippen LogP contribution is -2.46. The number of hydrogen-bond acceptors (Lipinski definition) is 5. The van der Waals surface area contributed by atoms with Gasteiger partial charge in [-0.15, -0.1) is 11.8 Å². The molecular weight excluding hydrogens is 376 g/mol. The van der Waals surface area contributed by atoms with Crippen LogP contribution in [0.1, 0.15) is 71.1 Å². The van der Waals surface area contributed by atoms with Gasteiger partial charge >= 0.3 is 5.97 Å². The second kappa shape index (κ2) is 14.2. The smallest absolute Gasteiger partial charge is 0.349 e. The fourth-order valence-electron chi connectivity index (χ4n) is 3.73. The Morgan fingerprint density at radius 1 is 1.21 bits per heavy atom. The van der Waals surface area contributed by atoms with E-state index in [0.717, 1.165) is 12.8 Å². The minimum absolute atomic E-state index is 0.0537. The number of unbranched alkanes of at least 4 members (excludes halogenated alkanes) is 4. The molecule has 1 aliphatic carbocycles. The summed E-state index contributed by atoms with van der Waals surface area (Å²) in [6, 6.07) is 0. The van der Waals surface area contributed by atoms with Crippen LogP contribution in [-0.2, 0) is 4.79 Å². The predicted octanol–water partition coefficient (Wildman–Crippen LogP) is 4.13. The Hall–Kier alpha value is -0.820. The Labute approximate surface area is 173 Å². The molecule has 0 aliphatic heterocycles. The van der Waals surface area contributed by atoms with E-state index in [0.29, 0.717) is 23.6 Å². The van der Waals surface area contributed by atoms with Gasteiger partial charge in [-0.05, 0) is 50.4 Å². The summed E-state index contributed by atoms with van der Waals surface area (Å²) in [6.45, 7) is 1.97. The van der Waals surface area contributed by atoms with Gasteiger partial charge in [0.2, 0.25) is 4.93 Å². The molecule has 1 aliphatic rings. The van der Waals surface area contributed by atoms with Crippen molar-refractivity contribution in [3.05, 3.63) is 24.3 Å². The van der Waals surface area contributed by atoms with E-state index < -0.39 is 17.0 Å². The molecule has 0 heterocycles. The van der Waals surface area contributed by atoms with Crippen LogP contribution in [0.3, 0.4) is 0 Å². The number of carbonyl (C=O) groups is 1. The SMILES string of the molecule is CCCCCCC=C[C@H]1CCC[C@@H]1CC=CCC(O)C(O)(SCCO)C(=O)O. The van der Waals surface area contributed by atoms with Crippen LogP contribution in [0, 0.1) is 11.8 Å². The lowest BCUT2D eigenvalue weighted by molar-refractivity contribution is -0.156. The van der Waals surface area contributed by atoms with E-state index in [-0.39, 0.29) is 18.8 Å². The van der Waals surface area contributed by atoms with Crippen LogP contribution in [0.4, 0.5) is 0 Å². The second-order valence-corrected chi connectivity index (χ2v) is 8.98. The molecule has 0 bridgehead atoms. The van der Waals surface area contributed by atoms with Crippen molar-refractivity contribution in [3.63, 3.8) is 0 Å². The topological polar surface area (TPSA) is 98.0 Å². The number of rotatable bonds is 15. The van der Waals surface area contributed by atoms with Crippen LogP contribution in [0.2, 0.25) is 0 Å². The van der Waals surface area contributed by atoms with Gasteiger partial charge < -0.3 is 20.4 Å². The van der Waals surface area contributed by atoms with E-state index in [4.69, 9.17) is 5.11 Å². The quantitative estimate of drug-likeness (QED) is 0.183. The average molecular weight is 415 g/mol. The van der Waals surface area contributed by atoms with Gasteiger partial charge in [-0.2, -0.15) is 0 Å². The number of hydrogen-bond donors (Lipinski definition) is 4.